The van der Waals surface area contributed by atoms with Gasteiger partial charge in [-0.1, -0.05) is 12.1 Å². The van der Waals surface area contributed by atoms with E-state index in [1.165, 1.54) is 24.6 Å². The molecular weight excluding hydrogens is 388 g/mol. The van der Waals surface area contributed by atoms with Crippen LogP contribution in [0.2, 0.25) is 0 Å². The quantitative estimate of drug-likeness (QED) is 0.687. The Morgan fingerprint density at radius 3 is 2.17 bits per heavy atom. The molecule has 0 fully saturated rings. The summed E-state index contributed by atoms with van der Waals surface area (Å²) < 4.78 is 32.9. The molecular formula is C22H30N2O4S. The molecule has 0 spiro atoms. The van der Waals surface area contributed by atoms with Crippen molar-refractivity contribution in [2.45, 2.75) is 58.5 Å². The lowest BCUT2D eigenvalue weighted by Crippen LogP contribution is -2.45. The third-order valence-electron chi connectivity index (χ3n) is 4.88. The molecule has 2 atom stereocenters. The second kappa shape index (κ2) is 9.41. The molecule has 0 saturated carbocycles. The van der Waals surface area contributed by atoms with Gasteiger partial charge in [0.05, 0.1) is 23.6 Å². The normalized spacial score (nSPS) is 13.6. The molecule has 0 bridgehead atoms. The third kappa shape index (κ3) is 5.81. The van der Waals surface area contributed by atoms with Gasteiger partial charge in [-0.2, -0.15) is 4.72 Å². The molecule has 2 N–H and O–H groups in total. The Morgan fingerprint density at radius 1 is 1.00 bits per heavy atom. The fraction of sp³-hybridized carbons (Fsp3) is 0.409. The number of aryl methyl sites for hydroxylation is 3. The SMILES string of the molecule is CCOc1ccc(S(=O)(=O)N[C@@H](C)C(=O)N[C@@H](C)c2cc(C)c(C)cc2C)cc1. The molecule has 2 rings (SSSR count). The number of benzene rings is 2. The largest absolute Gasteiger partial charge is 0.494 e. The first kappa shape index (κ1) is 22.9. The van der Waals surface area contributed by atoms with E-state index in [4.69, 9.17) is 4.74 Å². The molecule has 0 radical (unpaired) electrons. The van der Waals surface area contributed by atoms with Gasteiger partial charge in [0.15, 0.2) is 0 Å². The van der Waals surface area contributed by atoms with Gasteiger partial charge in [0.1, 0.15) is 5.75 Å². The van der Waals surface area contributed by atoms with Gasteiger partial charge in [-0.25, -0.2) is 8.42 Å². The summed E-state index contributed by atoms with van der Waals surface area (Å²) in [7, 11) is -3.82. The Morgan fingerprint density at radius 2 is 1.59 bits per heavy atom. The standard InChI is InChI=1S/C22H30N2O4S/c1-7-28-19-8-10-20(11-9-19)29(26,27)24-18(6)22(25)23-17(5)21-13-15(3)14(2)12-16(21)4/h8-13,17-18,24H,7H2,1-6H3,(H,23,25)/t17-,18-/m0/s1. The van der Waals surface area contributed by atoms with Crippen molar-refractivity contribution in [1.29, 1.82) is 0 Å². The van der Waals surface area contributed by atoms with Gasteiger partial charge in [-0.15, -0.1) is 0 Å². The maximum Gasteiger partial charge on any atom is 0.241 e. The number of ether oxygens (including phenoxy) is 1. The topological polar surface area (TPSA) is 84.5 Å². The molecule has 2 aromatic rings. The number of carbonyl (C=O) groups excluding carboxylic acids is 1. The molecule has 0 aliphatic heterocycles. The molecule has 7 heteroatoms. The molecule has 0 aliphatic carbocycles. The van der Waals surface area contributed by atoms with Crippen LogP contribution >= 0.6 is 0 Å². The molecule has 0 aliphatic rings. The van der Waals surface area contributed by atoms with E-state index >= 15 is 0 Å². The Hall–Kier alpha value is -2.38. The number of hydrogen-bond acceptors (Lipinski definition) is 4. The van der Waals surface area contributed by atoms with Crippen LogP contribution < -0.4 is 14.8 Å². The second-order valence-electron chi connectivity index (χ2n) is 7.27. The van der Waals surface area contributed by atoms with Crippen LogP contribution in [0.3, 0.4) is 0 Å². The first-order valence-electron chi connectivity index (χ1n) is 9.68. The maximum atomic E-state index is 12.6. The number of nitrogens with one attached hydrogen (secondary N) is 2. The van der Waals surface area contributed by atoms with Gasteiger partial charge in [0.2, 0.25) is 15.9 Å². The summed E-state index contributed by atoms with van der Waals surface area (Å²) in [5, 5.41) is 2.90. The summed E-state index contributed by atoms with van der Waals surface area (Å²) in [4.78, 5) is 12.7. The van der Waals surface area contributed by atoms with E-state index in [2.05, 4.69) is 22.2 Å². The zero-order chi connectivity index (χ0) is 21.8. The lowest BCUT2D eigenvalue weighted by molar-refractivity contribution is -0.123. The van der Waals surface area contributed by atoms with Crippen molar-refractivity contribution in [1.82, 2.24) is 10.0 Å². The molecule has 0 saturated heterocycles. The van der Waals surface area contributed by atoms with Crippen LogP contribution in [0.5, 0.6) is 5.75 Å². The third-order valence-corrected chi connectivity index (χ3v) is 6.43. The highest BCUT2D eigenvalue weighted by Gasteiger charge is 2.23. The maximum absolute atomic E-state index is 12.6. The highest BCUT2D eigenvalue weighted by Crippen LogP contribution is 2.22. The van der Waals surface area contributed by atoms with E-state index < -0.39 is 16.1 Å². The van der Waals surface area contributed by atoms with Crippen LogP contribution in [-0.4, -0.2) is 27.0 Å². The molecule has 0 aromatic heterocycles. The van der Waals surface area contributed by atoms with Gasteiger partial charge in [-0.3, -0.25) is 4.79 Å². The zero-order valence-corrected chi connectivity index (χ0v) is 18.7. The van der Waals surface area contributed by atoms with Crippen molar-refractivity contribution in [3.63, 3.8) is 0 Å². The van der Waals surface area contributed by atoms with Crippen molar-refractivity contribution < 1.29 is 17.9 Å². The summed E-state index contributed by atoms with van der Waals surface area (Å²) >= 11 is 0. The predicted octanol–water partition coefficient (Wildman–Crippen LogP) is 3.55. The number of rotatable bonds is 8. The summed E-state index contributed by atoms with van der Waals surface area (Å²) in [6.07, 6.45) is 0. The minimum atomic E-state index is -3.82. The lowest BCUT2D eigenvalue weighted by Gasteiger charge is -2.21. The Kier molecular flexibility index (Phi) is 7.43. The summed E-state index contributed by atoms with van der Waals surface area (Å²) in [6.45, 7) is 11.9. The van der Waals surface area contributed by atoms with Crippen molar-refractivity contribution in [3.05, 3.63) is 58.7 Å². The minimum absolute atomic E-state index is 0.0821. The highest BCUT2D eigenvalue weighted by atomic mass is 32.2. The van der Waals surface area contributed by atoms with Crippen molar-refractivity contribution in [3.8, 4) is 5.75 Å². The zero-order valence-electron chi connectivity index (χ0n) is 17.9. The van der Waals surface area contributed by atoms with Crippen LogP contribution in [-0.2, 0) is 14.8 Å². The van der Waals surface area contributed by atoms with Crippen LogP contribution in [0, 0.1) is 20.8 Å². The molecule has 1 amide bonds. The summed E-state index contributed by atoms with van der Waals surface area (Å²) in [5.41, 5.74) is 4.45. The molecule has 158 valence electrons. The van der Waals surface area contributed by atoms with Gasteiger partial charge in [0.25, 0.3) is 0 Å². The van der Waals surface area contributed by atoms with E-state index in [9.17, 15) is 13.2 Å². The average molecular weight is 419 g/mol. The van der Waals surface area contributed by atoms with Gasteiger partial charge in [-0.05, 0) is 88.1 Å². The number of amides is 1. The van der Waals surface area contributed by atoms with Crippen LogP contribution in [0.25, 0.3) is 0 Å². The Bertz CT molecular complexity index is 969. The van der Waals surface area contributed by atoms with E-state index in [0.717, 1.165) is 16.7 Å². The van der Waals surface area contributed by atoms with Crippen molar-refractivity contribution >= 4 is 15.9 Å². The van der Waals surface area contributed by atoms with Gasteiger partial charge in [0, 0.05) is 0 Å². The lowest BCUT2D eigenvalue weighted by atomic mass is 9.96. The van der Waals surface area contributed by atoms with Crippen LogP contribution in [0.1, 0.15) is 49.1 Å². The minimum Gasteiger partial charge on any atom is -0.494 e. The molecule has 2 aromatic carbocycles. The average Bonchev–Trinajstić information content (AvgIpc) is 2.65. The fourth-order valence-electron chi connectivity index (χ4n) is 3.10. The molecule has 29 heavy (non-hydrogen) atoms. The Labute approximate surface area is 173 Å². The number of carbonyl (C=O) groups is 1. The molecule has 0 unspecified atom stereocenters. The summed E-state index contributed by atoms with van der Waals surface area (Å²) in [6, 6.07) is 9.09. The van der Waals surface area contributed by atoms with E-state index in [1.807, 2.05) is 34.6 Å². The van der Waals surface area contributed by atoms with E-state index in [1.54, 1.807) is 12.1 Å². The second-order valence-corrected chi connectivity index (χ2v) is 8.98. The Balaban J connectivity index is 2.06. The molecule has 0 heterocycles. The van der Waals surface area contributed by atoms with Crippen molar-refractivity contribution in [2.24, 2.45) is 0 Å². The monoisotopic (exact) mass is 418 g/mol. The van der Waals surface area contributed by atoms with Gasteiger partial charge < -0.3 is 10.1 Å². The predicted molar refractivity (Wildman–Crippen MR) is 115 cm³/mol. The first-order chi connectivity index (χ1) is 13.5. The van der Waals surface area contributed by atoms with Crippen LogP contribution in [0.15, 0.2) is 41.3 Å². The highest BCUT2D eigenvalue weighted by molar-refractivity contribution is 7.89. The molecule has 6 nitrogen and oxygen atoms in total. The van der Waals surface area contributed by atoms with E-state index in [-0.39, 0.29) is 16.8 Å². The van der Waals surface area contributed by atoms with E-state index in [0.29, 0.717) is 12.4 Å². The number of sulfonamides is 1. The fourth-order valence-corrected chi connectivity index (χ4v) is 4.30. The number of hydrogen-bond donors (Lipinski definition) is 2. The smallest absolute Gasteiger partial charge is 0.241 e. The first-order valence-corrected chi connectivity index (χ1v) is 11.2. The summed E-state index contributed by atoms with van der Waals surface area (Å²) in [5.74, 6) is 0.208. The van der Waals surface area contributed by atoms with Crippen LogP contribution in [0.4, 0.5) is 0 Å². The van der Waals surface area contributed by atoms with Gasteiger partial charge >= 0.3 is 0 Å². The van der Waals surface area contributed by atoms with Crippen molar-refractivity contribution in [2.75, 3.05) is 6.61 Å².